The van der Waals surface area contributed by atoms with Crippen molar-refractivity contribution in [2.45, 2.75) is 0 Å². The maximum Gasteiger partial charge on any atom is 0.377 e. The second-order valence-electron chi connectivity index (χ2n) is 4.31. The summed E-state index contributed by atoms with van der Waals surface area (Å²) in [5.41, 5.74) is 0.0856. The van der Waals surface area contributed by atoms with E-state index in [0.29, 0.717) is 11.5 Å². The third-order valence-electron chi connectivity index (χ3n) is 2.75. The van der Waals surface area contributed by atoms with Crippen molar-refractivity contribution in [3.05, 3.63) is 59.9 Å². The second kappa shape index (κ2) is 7.21. The lowest BCUT2D eigenvalue weighted by Crippen LogP contribution is -2.12. The molecule has 2 rings (SSSR count). The molecule has 0 atom stereocenters. The zero-order chi connectivity index (χ0) is 15.9. The molecular formula is C16H13FO5. The average Bonchev–Trinajstić information content (AvgIpc) is 2.53. The highest BCUT2D eigenvalue weighted by Crippen LogP contribution is 2.14. The van der Waals surface area contributed by atoms with Crippen LogP contribution in [0.5, 0.6) is 11.5 Å². The van der Waals surface area contributed by atoms with Crippen LogP contribution in [0.1, 0.15) is 10.4 Å². The standard InChI is InChI=1S/C16H13FO5/c17-12-3-7-14(8-4-12)22-10-9-21-13-5-1-11(2-6-13)15(18)16(19)20/h1-8H,9-10H2,(H,19,20). The summed E-state index contributed by atoms with van der Waals surface area (Å²) < 4.78 is 23.4. The second-order valence-corrected chi connectivity index (χ2v) is 4.31. The molecule has 6 heteroatoms. The zero-order valence-corrected chi connectivity index (χ0v) is 11.5. The lowest BCUT2D eigenvalue weighted by molar-refractivity contribution is -0.131. The molecule has 0 radical (unpaired) electrons. The monoisotopic (exact) mass is 304 g/mol. The Morgan fingerprint density at radius 2 is 1.32 bits per heavy atom. The summed E-state index contributed by atoms with van der Waals surface area (Å²) in [5, 5.41) is 8.58. The van der Waals surface area contributed by atoms with Gasteiger partial charge in [-0.25, -0.2) is 9.18 Å². The van der Waals surface area contributed by atoms with Gasteiger partial charge in [-0.05, 0) is 48.5 Å². The first kappa shape index (κ1) is 15.5. The molecule has 0 unspecified atom stereocenters. The Labute approximate surface area is 125 Å². The molecule has 0 aliphatic heterocycles. The number of aliphatic carboxylic acids is 1. The van der Waals surface area contributed by atoms with Gasteiger partial charge in [0.25, 0.3) is 5.78 Å². The maximum atomic E-state index is 12.7. The fraction of sp³-hybridized carbons (Fsp3) is 0.125. The van der Waals surface area contributed by atoms with E-state index >= 15 is 0 Å². The maximum absolute atomic E-state index is 12.7. The van der Waals surface area contributed by atoms with Gasteiger partial charge < -0.3 is 14.6 Å². The molecule has 2 aromatic rings. The normalized spacial score (nSPS) is 10.0. The molecule has 1 N–H and O–H groups in total. The van der Waals surface area contributed by atoms with Gasteiger partial charge in [0.05, 0.1) is 0 Å². The van der Waals surface area contributed by atoms with Crippen LogP contribution < -0.4 is 9.47 Å². The fourth-order valence-electron chi connectivity index (χ4n) is 1.68. The van der Waals surface area contributed by atoms with Crippen molar-refractivity contribution in [3.8, 4) is 11.5 Å². The topological polar surface area (TPSA) is 72.8 Å². The molecule has 0 aliphatic rings. The van der Waals surface area contributed by atoms with Gasteiger partial charge in [-0.3, -0.25) is 4.79 Å². The van der Waals surface area contributed by atoms with E-state index < -0.39 is 11.8 Å². The average molecular weight is 304 g/mol. The van der Waals surface area contributed by atoms with E-state index in [1.54, 1.807) is 0 Å². The SMILES string of the molecule is O=C(O)C(=O)c1ccc(OCCOc2ccc(F)cc2)cc1. The molecule has 2 aromatic carbocycles. The molecule has 0 fully saturated rings. The summed E-state index contributed by atoms with van der Waals surface area (Å²) in [6.45, 7) is 0.519. The Balaban J connectivity index is 1.78. The predicted octanol–water partition coefficient (Wildman–Crippen LogP) is 2.55. The number of hydrogen-bond acceptors (Lipinski definition) is 4. The predicted molar refractivity (Wildman–Crippen MR) is 75.8 cm³/mol. The van der Waals surface area contributed by atoms with Crippen LogP contribution in [-0.4, -0.2) is 30.1 Å². The quantitative estimate of drug-likeness (QED) is 0.483. The summed E-state index contributed by atoms with van der Waals surface area (Å²) in [7, 11) is 0. The van der Waals surface area contributed by atoms with Gasteiger partial charge in [0.2, 0.25) is 0 Å². The number of ketones is 1. The number of carboxylic acids is 1. The highest BCUT2D eigenvalue weighted by molar-refractivity contribution is 6.39. The van der Waals surface area contributed by atoms with Crippen LogP contribution in [-0.2, 0) is 4.79 Å². The van der Waals surface area contributed by atoms with Gasteiger partial charge in [0.15, 0.2) is 0 Å². The Bertz CT molecular complexity index is 649. The third kappa shape index (κ3) is 4.31. The van der Waals surface area contributed by atoms with Gasteiger partial charge in [-0.2, -0.15) is 0 Å². The number of Topliss-reactive ketones (excluding diaryl/α,β-unsaturated/α-hetero) is 1. The van der Waals surface area contributed by atoms with Crippen LogP contribution in [0, 0.1) is 5.82 Å². The minimum Gasteiger partial charge on any atom is -0.490 e. The minimum absolute atomic E-state index is 0.0856. The van der Waals surface area contributed by atoms with Crippen molar-refractivity contribution in [3.63, 3.8) is 0 Å². The smallest absolute Gasteiger partial charge is 0.377 e. The third-order valence-corrected chi connectivity index (χ3v) is 2.75. The van der Waals surface area contributed by atoms with E-state index in [1.807, 2.05) is 0 Å². The molecular weight excluding hydrogens is 291 g/mol. The molecule has 0 saturated heterocycles. The Kier molecular flexibility index (Phi) is 5.08. The number of carboxylic acid groups (broad SMARTS) is 1. The van der Waals surface area contributed by atoms with Crippen LogP contribution in [0.4, 0.5) is 4.39 Å². The molecule has 0 spiro atoms. The van der Waals surface area contributed by atoms with E-state index in [2.05, 4.69) is 0 Å². The highest BCUT2D eigenvalue weighted by atomic mass is 19.1. The van der Waals surface area contributed by atoms with E-state index in [-0.39, 0.29) is 24.6 Å². The number of carbonyl (C=O) groups excluding carboxylic acids is 1. The molecule has 0 aliphatic carbocycles. The van der Waals surface area contributed by atoms with Crippen molar-refractivity contribution >= 4 is 11.8 Å². The molecule has 114 valence electrons. The summed E-state index contributed by atoms with van der Waals surface area (Å²) in [5.74, 6) is -1.77. The lowest BCUT2D eigenvalue weighted by atomic mass is 10.1. The summed E-state index contributed by atoms with van der Waals surface area (Å²) in [6, 6.07) is 11.4. The van der Waals surface area contributed by atoms with E-state index in [4.69, 9.17) is 14.6 Å². The van der Waals surface area contributed by atoms with Crippen LogP contribution >= 0.6 is 0 Å². The number of rotatable bonds is 7. The van der Waals surface area contributed by atoms with Crippen molar-refractivity contribution in [2.75, 3.05) is 13.2 Å². The molecule has 0 aromatic heterocycles. The first-order valence-electron chi connectivity index (χ1n) is 6.45. The highest BCUT2D eigenvalue weighted by Gasteiger charge is 2.13. The van der Waals surface area contributed by atoms with Crippen molar-refractivity contribution in [2.24, 2.45) is 0 Å². The number of ether oxygens (including phenoxy) is 2. The zero-order valence-electron chi connectivity index (χ0n) is 11.5. The number of benzene rings is 2. The largest absolute Gasteiger partial charge is 0.490 e. The lowest BCUT2D eigenvalue weighted by Gasteiger charge is -2.08. The van der Waals surface area contributed by atoms with Gasteiger partial charge in [0.1, 0.15) is 30.5 Å². The van der Waals surface area contributed by atoms with Gasteiger partial charge >= 0.3 is 5.97 Å². The first-order chi connectivity index (χ1) is 10.6. The van der Waals surface area contributed by atoms with Crippen molar-refractivity contribution in [1.82, 2.24) is 0 Å². The van der Waals surface area contributed by atoms with Crippen molar-refractivity contribution < 1.29 is 28.6 Å². The molecule has 5 nitrogen and oxygen atoms in total. The Morgan fingerprint density at radius 3 is 1.77 bits per heavy atom. The van der Waals surface area contributed by atoms with Gasteiger partial charge in [-0.1, -0.05) is 0 Å². The number of halogens is 1. The molecule has 0 bridgehead atoms. The minimum atomic E-state index is -1.50. The Hall–Kier alpha value is -2.89. The van der Waals surface area contributed by atoms with E-state index in [9.17, 15) is 14.0 Å². The van der Waals surface area contributed by atoms with Crippen LogP contribution in [0.25, 0.3) is 0 Å². The molecule has 0 heterocycles. The fourth-order valence-corrected chi connectivity index (χ4v) is 1.68. The molecule has 22 heavy (non-hydrogen) atoms. The Morgan fingerprint density at radius 1 is 0.864 bits per heavy atom. The first-order valence-corrected chi connectivity index (χ1v) is 6.45. The molecule has 0 amide bonds. The summed E-state index contributed by atoms with van der Waals surface area (Å²) in [4.78, 5) is 21.7. The summed E-state index contributed by atoms with van der Waals surface area (Å²) >= 11 is 0. The van der Waals surface area contributed by atoms with Crippen molar-refractivity contribution in [1.29, 1.82) is 0 Å². The van der Waals surface area contributed by atoms with Gasteiger partial charge in [0, 0.05) is 5.56 Å². The van der Waals surface area contributed by atoms with Crippen LogP contribution in [0.3, 0.4) is 0 Å². The van der Waals surface area contributed by atoms with Gasteiger partial charge in [-0.15, -0.1) is 0 Å². The summed E-state index contributed by atoms with van der Waals surface area (Å²) in [6.07, 6.45) is 0. The van der Waals surface area contributed by atoms with E-state index in [0.717, 1.165) is 0 Å². The molecule has 0 saturated carbocycles. The van der Waals surface area contributed by atoms with Crippen LogP contribution in [0.2, 0.25) is 0 Å². The van der Waals surface area contributed by atoms with E-state index in [1.165, 1.54) is 48.5 Å². The number of hydrogen-bond donors (Lipinski definition) is 1. The number of carbonyl (C=O) groups is 2. The van der Waals surface area contributed by atoms with Crippen LogP contribution in [0.15, 0.2) is 48.5 Å².